The van der Waals surface area contributed by atoms with Crippen LogP contribution in [0.2, 0.25) is 10.0 Å². The lowest BCUT2D eigenvalue weighted by Crippen LogP contribution is -2.37. The zero-order chi connectivity index (χ0) is 82.7. The van der Waals surface area contributed by atoms with E-state index in [0.29, 0.717) is 110 Å². The Morgan fingerprint density at radius 1 is 0.487 bits per heavy atom. The Morgan fingerprint density at radius 3 is 1.21 bits per heavy atom. The molecular formula is C77H72Cl2N22O11S5. The number of nitriles is 1. The lowest BCUT2D eigenvalue weighted by atomic mass is 10.1. The summed E-state index contributed by atoms with van der Waals surface area (Å²) < 4.78 is 22.8. The maximum absolute atomic E-state index is 12.6. The quantitative estimate of drug-likeness (QED) is 0.0239. The van der Waals surface area contributed by atoms with Gasteiger partial charge in [0, 0.05) is 29.6 Å². The van der Waals surface area contributed by atoms with Crippen LogP contribution in [0.1, 0.15) is 40.0 Å². The van der Waals surface area contributed by atoms with Gasteiger partial charge in [-0.15, -0.1) is 0 Å². The second kappa shape index (κ2) is 40.2. The van der Waals surface area contributed by atoms with Gasteiger partial charge >= 0.3 is 11.9 Å². The molecule has 33 nitrogen and oxygen atoms in total. The summed E-state index contributed by atoms with van der Waals surface area (Å²) in [6.07, 6.45) is 11.2. The van der Waals surface area contributed by atoms with E-state index in [1.54, 1.807) is 54.6 Å². The average molecular weight is 1710 g/mol. The van der Waals surface area contributed by atoms with Crippen LogP contribution in [0.4, 0.5) is 0 Å². The largest absolute Gasteiger partial charge is 0.468 e. The smallest absolute Gasteiger partial charge is 0.319 e. The number of aromatic nitrogens is 20. The van der Waals surface area contributed by atoms with Gasteiger partial charge in [0.15, 0.2) is 54.0 Å². The molecule has 600 valence electrons. The molecule has 3 unspecified atom stereocenters. The van der Waals surface area contributed by atoms with E-state index in [4.69, 9.17) is 37.9 Å². The van der Waals surface area contributed by atoms with Crippen LogP contribution in [0.15, 0.2) is 220 Å². The molecular weight excluding hydrogens is 1640 g/mol. The van der Waals surface area contributed by atoms with E-state index in [-0.39, 0.29) is 56.5 Å². The van der Waals surface area contributed by atoms with Gasteiger partial charge in [-0.3, -0.25) is 43.3 Å². The molecule has 1 fully saturated rings. The Balaban J connectivity index is 0.000000136. The number of thioether (sulfide) groups is 5. The van der Waals surface area contributed by atoms with E-state index in [1.807, 2.05) is 141 Å². The van der Waals surface area contributed by atoms with E-state index in [2.05, 4.69) is 85.0 Å². The lowest BCUT2D eigenvalue weighted by Gasteiger charge is -2.26. The number of hydrogen-bond donors (Lipinski definition) is 5. The van der Waals surface area contributed by atoms with Crippen LogP contribution in [-0.2, 0) is 28.6 Å². The number of para-hydroxylation sites is 3. The molecule has 11 heterocycles. The van der Waals surface area contributed by atoms with Crippen molar-refractivity contribution >= 4 is 155 Å². The number of H-pyrrole nitrogens is 5. The second-order valence-corrected chi connectivity index (χ2v) is 31.5. The summed E-state index contributed by atoms with van der Waals surface area (Å²) >= 11 is 18.2. The van der Waals surface area contributed by atoms with Gasteiger partial charge in [0.25, 0.3) is 27.8 Å². The van der Waals surface area contributed by atoms with Gasteiger partial charge in [-0.1, -0.05) is 156 Å². The molecule has 40 heteroatoms. The summed E-state index contributed by atoms with van der Waals surface area (Å²) in [5.74, 6) is -0.353. The Kier molecular flexibility index (Phi) is 29.0. The monoisotopic (exact) mass is 1710 g/mol. The van der Waals surface area contributed by atoms with Crippen molar-refractivity contribution in [2.75, 3.05) is 59.1 Å². The fraction of sp³-hybridized carbons (Fsp3) is 0.234. The maximum atomic E-state index is 12.6. The summed E-state index contributed by atoms with van der Waals surface area (Å²) in [5.41, 5.74) is 4.95. The first kappa shape index (κ1) is 84.6. The highest BCUT2D eigenvalue weighted by Gasteiger charge is 2.25. The van der Waals surface area contributed by atoms with Crippen molar-refractivity contribution in [3.63, 3.8) is 0 Å². The molecule has 117 heavy (non-hydrogen) atoms. The van der Waals surface area contributed by atoms with Crippen LogP contribution < -0.4 is 27.8 Å². The number of ketones is 1. The molecule has 1 saturated heterocycles. The second-order valence-electron chi connectivity index (χ2n) is 25.0. The number of rotatable bonds is 22. The number of carbonyl (C=O) groups is 3. The van der Waals surface area contributed by atoms with Crippen molar-refractivity contribution in [1.29, 1.82) is 5.26 Å². The molecule has 0 aliphatic carbocycles. The Morgan fingerprint density at radius 2 is 0.838 bits per heavy atom. The number of morpholine rings is 1. The molecule has 16 rings (SSSR count). The van der Waals surface area contributed by atoms with E-state index in [0.717, 1.165) is 73.8 Å². The normalized spacial score (nSPS) is 12.7. The third-order valence-corrected chi connectivity index (χ3v) is 22.3. The SMILES string of the molecule is CC(Sc1nc2c(cnn2-c2cccc(Cl)c2)c(=O)[nH]1)C(=O)CCCN1CCOCC1.CCC(Sc1nc2c(cnn2-c2ccccc2)c(=O)[nH]1)C(=O)OC.COC(=O)C(C)Sc1nc2c(cnn2-c2ccccc2)c(=O)[nH]1.CSc1nc2c(cnn2-c2cccc(Cl)c2)c(=O)[nH]1.N#CCSc1nc2c(cnn2-c2ccccc2)c(=O)[nH]1. The minimum Gasteiger partial charge on any atom is -0.468 e. The topological polar surface area (TPSA) is 424 Å². The van der Waals surface area contributed by atoms with Crippen molar-refractivity contribution in [2.24, 2.45) is 0 Å². The summed E-state index contributed by atoms with van der Waals surface area (Å²) in [4.78, 5) is 135. The third kappa shape index (κ3) is 21.1. The molecule has 0 amide bonds. The number of fused-ring (bicyclic) bond motifs is 5. The first-order valence-corrected chi connectivity index (χ1v) is 41.4. The Bertz CT molecular complexity index is 6380. The summed E-state index contributed by atoms with van der Waals surface area (Å²) in [6, 6.07) is 44.7. The first-order valence-electron chi connectivity index (χ1n) is 35.8. The number of nitrogens with zero attached hydrogens (tertiary/aromatic N) is 17. The number of Topliss-reactive ketones (excluding diaryl/α,β-unsaturated/α-hetero) is 1. The fourth-order valence-corrected chi connectivity index (χ4v) is 15.3. The lowest BCUT2D eigenvalue weighted by molar-refractivity contribution is -0.140. The van der Waals surface area contributed by atoms with E-state index < -0.39 is 10.5 Å². The Labute approximate surface area is 695 Å². The summed E-state index contributed by atoms with van der Waals surface area (Å²) in [7, 11) is 2.67. The molecule has 0 radical (unpaired) electrons. The zero-order valence-electron chi connectivity index (χ0n) is 63.2. The molecule has 1 aliphatic heterocycles. The number of esters is 2. The highest BCUT2D eigenvalue weighted by Crippen LogP contribution is 2.29. The Hall–Kier alpha value is -11.8. The predicted octanol–water partition coefficient (Wildman–Crippen LogP) is 11.0. The molecule has 5 aromatic carbocycles. The number of carbonyl (C=O) groups excluding carboxylic acids is 3. The minimum atomic E-state index is -0.478. The van der Waals surface area contributed by atoms with E-state index in [1.165, 1.54) is 92.3 Å². The summed E-state index contributed by atoms with van der Waals surface area (Å²) in [5, 5.41) is 33.9. The van der Waals surface area contributed by atoms with Crippen molar-refractivity contribution in [1.82, 2.24) is 104 Å². The van der Waals surface area contributed by atoms with Gasteiger partial charge in [0.05, 0.1) is 104 Å². The van der Waals surface area contributed by atoms with Crippen molar-refractivity contribution in [2.45, 2.75) is 81.6 Å². The van der Waals surface area contributed by atoms with Crippen LogP contribution in [0.3, 0.4) is 0 Å². The van der Waals surface area contributed by atoms with Crippen molar-refractivity contribution < 1.29 is 28.6 Å². The molecule has 3 atom stereocenters. The molecule has 0 bridgehead atoms. The molecule has 15 aromatic rings. The van der Waals surface area contributed by atoms with Gasteiger partial charge < -0.3 is 39.1 Å². The minimum absolute atomic E-state index is 0.143. The number of nitrogens with one attached hydrogen (secondary N) is 5. The number of hydrogen-bond acceptors (Lipinski definition) is 28. The zero-order valence-corrected chi connectivity index (χ0v) is 68.7. The van der Waals surface area contributed by atoms with Gasteiger partial charge in [-0.05, 0) is 112 Å². The van der Waals surface area contributed by atoms with Crippen LogP contribution in [-0.4, -0.2) is 196 Å². The van der Waals surface area contributed by atoms with Crippen LogP contribution in [0.5, 0.6) is 0 Å². The number of benzene rings is 5. The van der Waals surface area contributed by atoms with Crippen molar-refractivity contribution in [3.8, 4) is 34.5 Å². The molecule has 1 aliphatic rings. The van der Waals surface area contributed by atoms with Crippen molar-refractivity contribution in [3.05, 3.63) is 232 Å². The third-order valence-electron chi connectivity index (χ3n) is 17.3. The first-order chi connectivity index (χ1) is 56.7. The van der Waals surface area contributed by atoms with Gasteiger partial charge in [0.1, 0.15) is 43.2 Å². The van der Waals surface area contributed by atoms with E-state index >= 15 is 0 Å². The molecule has 5 N–H and O–H groups in total. The van der Waals surface area contributed by atoms with E-state index in [9.17, 15) is 38.4 Å². The van der Waals surface area contributed by atoms with Crippen LogP contribution in [0, 0.1) is 11.3 Å². The summed E-state index contributed by atoms with van der Waals surface area (Å²) in [6.45, 7) is 9.66. The molecule has 10 aromatic heterocycles. The number of ether oxygens (including phenoxy) is 3. The average Bonchev–Trinajstić information content (AvgIpc) is 1.75. The highest BCUT2D eigenvalue weighted by molar-refractivity contribution is 8.01. The number of methoxy groups -OCH3 is 2. The van der Waals surface area contributed by atoms with Gasteiger partial charge in [-0.2, -0.15) is 30.8 Å². The number of halogens is 2. The predicted molar refractivity (Wildman–Crippen MR) is 452 cm³/mol. The maximum Gasteiger partial charge on any atom is 0.319 e. The standard InChI is InChI=1S/C21H24ClN5O3S.C16H16N4O3S.C15H14N4O3S.C13H9N5OS.C12H9ClN4OS/c1-14(18(28)6-3-7-26-8-10-30-11-9-26)31-21-24-19-17(20(29)25-21)13-23-27(19)16-5-2-4-15(22)12-16;1-3-12(15(22)23-2)24-16-18-13-11(14(21)19-16)9-17-20(13)10-7-5-4-6-8-10;1-9(14(21)22-2)23-15-17-12-11(13(20)18-15)8-16-19(12)10-6-4-3-5-7-10;14-6-7-20-13-16-11-10(12(19)17-13)8-15-18(11)9-4-2-1-3-5-9;1-19-12-15-10-9(11(18)16-12)6-14-17(10)8-4-2-3-7(13)5-8/h2,4-5,12-14H,3,6-11H2,1H3,(H,24,25,29);4-9,12H,3H2,1-2H3,(H,18,19,21);3-9H,1-2H3,(H,17,18,20);1-5,8H,7H2,(H,16,17,19);2-6H,1H3,(H,15,16,18). The van der Waals surface area contributed by atoms with Crippen LogP contribution in [0.25, 0.3) is 83.6 Å². The molecule has 0 saturated carbocycles. The van der Waals surface area contributed by atoms with Crippen LogP contribution >= 0.6 is 82.0 Å². The van der Waals surface area contributed by atoms with Gasteiger partial charge in [-0.25, -0.2) is 48.3 Å². The highest BCUT2D eigenvalue weighted by atomic mass is 35.5. The molecule has 0 spiro atoms. The fourth-order valence-electron chi connectivity index (χ4n) is 11.5. The number of aromatic amines is 5. The van der Waals surface area contributed by atoms with Gasteiger partial charge in [0.2, 0.25) is 0 Å².